The average molecular weight is 482 g/mol. The van der Waals surface area contributed by atoms with E-state index in [0.29, 0.717) is 21.6 Å². The number of thioether (sulfide) groups is 1. The Kier molecular flexibility index (Phi) is 4.58. The summed E-state index contributed by atoms with van der Waals surface area (Å²) in [5.74, 6) is 1.18. The molecule has 5 nitrogen and oxygen atoms in total. The molecule has 2 aliphatic heterocycles. The zero-order valence-electron chi connectivity index (χ0n) is 12.6. The summed E-state index contributed by atoms with van der Waals surface area (Å²) in [7, 11) is 0. The van der Waals surface area contributed by atoms with Gasteiger partial charge in [-0.05, 0) is 59.8 Å². The molecule has 0 spiro atoms. The molecule has 1 amide bonds. The maximum Gasteiger partial charge on any atom is 0.264 e. The smallest absolute Gasteiger partial charge is 0.264 e. The molecular weight excluding hydrogens is 472 g/mol. The molecule has 1 saturated heterocycles. The van der Waals surface area contributed by atoms with E-state index in [4.69, 9.17) is 9.47 Å². The Balaban J connectivity index is 1.60. The molecule has 4 rings (SSSR count). The van der Waals surface area contributed by atoms with E-state index < -0.39 is 0 Å². The number of nitrogens with one attached hydrogen (secondary N) is 1. The summed E-state index contributed by atoms with van der Waals surface area (Å²) < 4.78 is 12.5. The molecule has 0 aromatic heterocycles. The molecule has 2 heterocycles. The summed E-state index contributed by atoms with van der Waals surface area (Å²) in [6.45, 7) is 0.209. The molecule has 126 valence electrons. The van der Waals surface area contributed by atoms with Gasteiger partial charge in [-0.25, -0.2) is 4.99 Å². The highest BCUT2D eigenvalue weighted by Gasteiger charge is 2.25. The van der Waals surface area contributed by atoms with Crippen LogP contribution in [0.2, 0.25) is 0 Å². The van der Waals surface area contributed by atoms with Crippen LogP contribution in [-0.2, 0) is 4.79 Å². The minimum absolute atomic E-state index is 0.176. The highest BCUT2D eigenvalue weighted by atomic mass is 79.9. The molecule has 0 atom stereocenters. The lowest BCUT2D eigenvalue weighted by atomic mass is 10.2. The number of hydrogen-bond donors (Lipinski definition) is 1. The van der Waals surface area contributed by atoms with Crippen molar-refractivity contribution in [2.24, 2.45) is 4.99 Å². The SMILES string of the molecule is O=C1NC(=Nc2ccc(Br)cc2)SC1=Cc1cc2c(cc1Br)OCO2. The van der Waals surface area contributed by atoms with E-state index in [1.54, 1.807) is 6.08 Å². The summed E-state index contributed by atoms with van der Waals surface area (Å²) in [5.41, 5.74) is 1.61. The first-order valence-corrected chi connectivity index (χ1v) is 9.63. The largest absolute Gasteiger partial charge is 0.454 e. The van der Waals surface area contributed by atoms with Gasteiger partial charge in [-0.3, -0.25) is 4.79 Å². The van der Waals surface area contributed by atoms with E-state index in [1.807, 2.05) is 36.4 Å². The fourth-order valence-electron chi connectivity index (χ4n) is 2.30. The molecule has 0 aliphatic carbocycles. The van der Waals surface area contributed by atoms with Crippen molar-refractivity contribution in [3.63, 3.8) is 0 Å². The van der Waals surface area contributed by atoms with Crippen LogP contribution in [0.25, 0.3) is 6.08 Å². The van der Waals surface area contributed by atoms with Gasteiger partial charge in [-0.1, -0.05) is 31.9 Å². The number of halogens is 2. The predicted molar refractivity (Wildman–Crippen MR) is 105 cm³/mol. The van der Waals surface area contributed by atoms with Gasteiger partial charge in [0.15, 0.2) is 16.7 Å². The van der Waals surface area contributed by atoms with Crippen molar-refractivity contribution in [3.05, 3.63) is 55.8 Å². The van der Waals surface area contributed by atoms with E-state index in [9.17, 15) is 4.79 Å². The molecule has 1 fully saturated rings. The van der Waals surface area contributed by atoms with Crippen LogP contribution >= 0.6 is 43.6 Å². The van der Waals surface area contributed by atoms with Crippen molar-refractivity contribution in [2.75, 3.05) is 6.79 Å². The highest BCUT2D eigenvalue weighted by Crippen LogP contribution is 2.39. The third-order valence-electron chi connectivity index (χ3n) is 3.49. The molecule has 8 heteroatoms. The minimum atomic E-state index is -0.176. The van der Waals surface area contributed by atoms with Gasteiger partial charge in [0.25, 0.3) is 5.91 Å². The van der Waals surface area contributed by atoms with Gasteiger partial charge in [-0.15, -0.1) is 0 Å². The second kappa shape index (κ2) is 6.86. The lowest BCUT2D eigenvalue weighted by molar-refractivity contribution is -0.115. The Labute approximate surface area is 164 Å². The van der Waals surface area contributed by atoms with Crippen LogP contribution < -0.4 is 14.8 Å². The van der Waals surface area contributed by atoms with E-state index in [1.165, 1.54) is 11.8 Å². The summed E-state index contributed by atoms with van der Waals surface area (Å²) >= 11 is 8.18. The Hall–Kier alpha value is -1.77. The van der Waals surface area contributed by atoms with Crippen LogP contribution in [0.15, 0.2) is 55.2 Å². The molecule has 0 radical (unpaired) electrons. The minimum Gasteiger partial charge on any atom is -0.454 e. The van der Waals surface area contributed by atoms with E-state index in [-0.39, 0.29) is 12.7 Å². The van der Waals surface area contributed by atoms with Gasteiger partial charge in [0.2, 0.25) is 6.79 Å². The van der Waals surface area contributed by atoms with Crippen molar-refractivity contribution in [3.8, 4) is 11.5 Å². The number of carbonyl (C=O) groups excluding carboxylic acids is 1. The van der Waals surface area contributed by atoms with Crippen LogP contribution in [0.3, 0.4) is 0 Å². The van der Waals surface area contributed by atoms with Gasteiger partial charge in [0.1, 0.15) is 0 Å². The number of ether oxygens (including phenoxy) is 2. The summed E-state index contributed by atoms with van der Waals surface area (Å²) in [4.78, 5) is 17.2. The summed E-state index contributed by atoms with van der Waals surface area (Å²) in [5, 5.41) is 3.33. The predicted octanol–water partition coefficient (Wildman–Crippen LogP) is 4.83. The number of aliphatic imine (C=N–C) groups is 1. The normalized spacial score (nSPS) is 18.9. The number of fused-ring (bicyclic) bond motifs is 1. The van der Waals surface area contributed by atoms with Crippen LogP contribution in [0.1, 0.15) is 5.56 Å². The fourth-order valence-corrected chi connectivity index (χ4v) is 3.83. The second-order valence-electron chi connectivity index (χ2n) is 5.19. The Bertz CT molecular complexity index is 926. The number of amides is 1. The van der Waals surface area contributed by atoms with E-state index in [0.717, 1.165) is 20.2 Å². The van der Waals surface area contributed by atoms with Crippen molar-refractivity contribution >= 4 is 66.5 Å². The number of rotatable bonds is 2. The molecule has 25 heavy (non-hydrogen) atoms. The standard InChI is InChI=1S/C17H10Br2N2O3S/c18-10-1-3-11(4-2-10)20-17-21-16(22)15(25-17)6-9-5-13-14(7-12(9)19)24-8-23-13/h1-7H,8H2,(H,20,21,22). The molecule has 2 aromatic rings. The summed E-state index contributed by atoms with van der Waals surface area (Å²) in [6.07, 6.45) is 1.80. The van der Waals surface area contributed by atoms with E-state index in [2.05, 4.69) is 42.2 Å². The number of carbonyl (C=O) groups is 1. The zero-order chi connectivity index (χ0) is 17.4. The molecule has 0 bridgehead atoms. The lowest BCUT2D eigenvalue weighted by Gasteiger charge is -2.02. The van der Waals surface area contributed by atoms with Crippen LogP contribution in [-0.4, -0.2) is 17.9 Å². The average Bonchev–Trinajstić information content (AvgIpc) is 3.16. The van der Waals surface area contributed by atoms with Crippen LogP contribution in [0, 0.1) is 0 Å². The molecular formula is C17H10Br2N2O3S. The molecule has 2 aromatic carbocycles. The monoisotopic (exact) mass is 480 g/mol. The van der Waals surface area contributed by atoms with E-state index >= 15 is 0 Å². The topological polar surface area (TPSA) is 59.9 Å². The van der Waals surface area contributed by atoms with Gasteiger partial charge in [0, 0.05) is 8.95 Å². The second-order valence-corrected chi connectivity index (χ2v) is 7.99. The van der Waals surface area contributed by atoms with Crippen molar-refractivity contribution in [1.82, 2.24) is 5.32 Å². The zero-order valence-corrected chi connectivity index (χ0v) is 16.6. The third-order valence-corrected chi connectivity index (χ3v) is 5.61. The quantitative estimate of drug-likeness (QED) is 0.624. The molecule has 0 saturated carbocycles. The molecule has 2 aliphatic rings. The number of benzene rings is 2. The first-order valence-electron chi connectivity index (χ1n) is 7.23. The maximum absolute atomic E-state index is 12.2. The van der Waals surface area contributed by atoms with Gasteiger partial charge < -0.3 is 14.8 Å². The maximum atomic E-state index is 12.2. The Morgan fingerprint density at radius 1 is 1.12 bits per heavy atom. The molecule has 1 N–H and O–H groups in total. The number of nitrogens with zero attached hydrogens (tertiary/aromatic N) is 1. The van der Waals surface area contributed by atoms with Crippen molar-refractivity contribution < 1.29 is 14.3 Å². The Morgan fingerprint density at radius 2 is 1.84 bits per heavy atom. The number of amidine groups is 1. The molecule has 0 unspecified atom stereocenters. The fraction of sp³-hybridized carbons (Fsp3) is 0.0588. The van der Waals surface area contributed by atoms with Gasteiger partial charge in [-0.2, -0.15) is 0 Å². The summed E-state index contributed by atoms with van der Waals surface area (Å²) in [6, 6.07) is 11.2. The first-order chi connectivity index (χ1) is 12.1. The first kappa shape index (κ1) is 16.7. The van der Waals surface area contributed by atoms with Crippen molar-refractivity contribution in [1.29, 1.82) is 0 Å². The Morgan fingerprint density at radius 3 is 2.60 bits per heavy atom. The lowest BCUT2D eigenvalue weighted by Crippen LogP contribution is -2.19. The third kappa shape index (κ3) is 3.61. The van der Waals surface area contributed by atoms with Crippen molar-refractivity contribution in [2.45, 2.75) is 0 Å². The van der Waals surface area contributed by atoms with Crippen LogP contribution in [0.5, 0.6) is 11.5 Å². The van der Waals surface area contributed by atoms with Crippen LogP contribution in [0.4, 0.5) is 5.69 Å². The van der Waals surface area contributed by atoms with Gasteiger partial charge in [0.05, 0.1) is 10.6 Å². The number of hydrogen-bond acceptors (Lipinski definition) is 5. The van der Waals surface area contributed by atoms with Gasteiger partial charge >= 0.3 is 0 Å². The highest BCUT2D eigenvalue weighted by molar-refractivity contribution is 9.10.